The van der Waals surface area contributed by atoms with Crippen molar-refractivity contribution in [2.24, 2.45) is 0 Å². The summed E-state index contributed by atoms with van der Waals surface area (Å²) in [4.78, 5) is 12.1. The number of carbonyl (C=O) groups is 1. The molecule has 1 saturated heterocycles. The van der Waals surface area contributed by atoms with Crippen LogP contribution in [0.4, 0.5) is 0 Å². The van der Waals surface area contributed by atoms with Crippen molar-refractivity contribution >= 4 is 5.97 Å². The number of benzene rings is 2. The number of ether oxygens (including phenoxy) is 3. The van der Waals surface area contributed by atoms with Crippen LogP contribution in [0, 0.1) is 6.92 Å². The van der Waals surface area contributed by atoms with Crippen molar-refractivity contribution in [3.05, 3.63) is 71.3 Å². The highest BCUT2D eigenvalue weighted by Gasteiger charge is 2.43. The van der Waals surface area contributed by atoms with Crippen molar-refractivity contribution in [2.45, 2.75) is 25.4 Å². The SMILES string of the molecule is COC(=O)[C@@H]1O[C@H](c2ccccc2)O[C@@H]1c1ccccc1C. The average Bonchev–Trinajstić information content (AvgIpc) is 3.00. The van der Waals surface area contributed by atoms with Gasteiger partial charge in [0.25, 0.3) is 0 Å². The van der Waals surface area contributed by atoms with Crippen LogP contribution in [0.2, 0.25) is 0 Å². The average molecular weight is 298 g/mol. The molecule has 0 N–H and O–H groups in total. The Kier molecular flexibility index (Phi) is 4.22. The molecule has 1 aliphatic rings. The zero-order valence-corrected chi connectivity index (χ0v) is 12.6. The van der Waals surface area contributed by atoms with Crippen molar-refractivity contribution in [3.8, 4) is 0 Å². The van der Waals surface area contributed by atoms with Gasteiger partial charge in [0.1, 0.15) is 6.10 Å². The molecule has 114 valence electrons. The number of esters is 1. The highest BCUT2D eigenvalue weighted by Crippen LogP contribution is 2.41. The second-order valence-corrected chi connectivity index (χ2v) is 5.24. The van der Waals surface area contributed by atoms with Gasteiger partial charge in [-0.25, -0.2) is 4.79 Å². The van der Waals surface area contributed by atoms with Crippen LogP contribution in [0.25, 0.3) is 0 Å². The van der Waals surface area contributed by atoms with Crippen LogP contribution in [0.15, 0.2) is 54.6 Å². The van der Waals surface area contributed by atoms with Crippen molar-refractivity contribution in [3.63, 3.8) is 0 Å². The fourth-order valence-electron chi connectivity index (χ4n) is 2.65. The highest BCUT2D eigenvalue weighted by atomic mass is 16.7. The summed E-state index contributed by atoms with van der Waals surface area (Å²) in [5.74, 6) is -0.424. The van der Waals surface area contributed by atoms with Gasteiger partial charge in [0.05, 0.1) is 7.11 Å². The first-order valence-electron chi connectivity index (χ1n) is 7.20. The van der Waals surface area contributed by atoms with Gasteiger partial charge in [-0.2, -0.15) is 0 Å². The zero-order chi connectivity index (χ0) is 15.5. The summed E-state index contributed by atoms with van der Waals surface area (Å²) in [6, 6.07) is 17.4. The van der Waals surface area contributed by atoms with E-state index in [4.69, 9.17) is 14.2 Å². The first kappa shape index (κ1) is 14.8. The maximum absolute atomic E-state index is 12.1. The molecule has 2 aromatic rings. The van der Waals surface area contributed by atoms with Gasteiger partial charge in [-0.15, -0.1) is 0 Å². The summed E-state index contributed by atoms with van der Waals surface area (Å²) in [5.41, 5.74) is 2.88. The van der Waals surface area contributed by atoms with E-state index in [1.54, 1.807) is 0 Å². The number of rotatable bonds is 3. The standard InChI is InChI=1S/C18H18O4/c1-12-8-6-7-11-14(12)15-16(17(19)20-2)22-18(21-15)13-9-4-3-5-10-13/h3-11,15-16,18H,1-2H3/t15-,16-,18-/m1/s1. The fourth-order valence-corrected chi connectivity index (χ4v) is 2.65. The predicted octanol–water partition coefficient (Wildman–Crippen LogP) is 3.32. The van der Waals surface area contributed by atoms with Gasteiger partial charge in [0.15, 0.2) is 12.4 Å². The van der Waals surface area contributed by atoms with E-state index in [0.717, 1.165) is 16.7 Å². The number of hydrogen-bond acceptors (Lipinski definition) is 4. The Morgan fingerprint density at radius 1 is 1.00 bits per heavy atom. The van der Waals surface area contributed by atoms with Gasteiger partial charge in [-0.3, -0.25) is 0 Å². The quantitative estimate of drug-likeness (QED) is 0.815. The molecule has 1 aliphatic heterocycles. The van der Waals surface area contributed by atoms with Crippen LogP contribution in [0.5, 0.6) is 0 Å². The summed E-state index contributed by atoms with van der Waals surface area (Å²) < 4.78 is 16.7. The molecule has 0 spiro atoms. The molecular formula is C18H18O4. The molecule has 0 aromatic heterocycles. The highest BCUT2D eigenvalue weighted by molar-refractivity contribution is 5.76. The number of methoxy groups -OCH3 is 1. The normalized spacial score (nSPS) is 24.2. The minimum atomic E-state index is -0.767. The molecule has 4 heteroatoms. The summed E-state index contributed by atoms with van der Waals surface area (Å²) in [7, 11) is 1.36. The Morgan fingerprint density at radius 2 is 1.68 bits per heavy atom. The molecule has 0 saturated carbocycles. The predicted molar refractivity (Wildman–Crippen MR) is 81.1 cm³/mol. The molecule has 0 radical (unpaired) electrons. The molecule has 1 fully saturated rings. The number of aryl methyl sites for hydroxylation is 1. The van der Waals surface area contributed by atoms with E-state index in [-0.39, 0.29) is 0 Å². The maximum atomic E-state index is 12.1. The van der Waals surface area contributed by atoms with Crippen LogP contribution in [-0.2, 0) is 19.0 Å². The molecule has 0 amide bonds. The topological polar surface area (TPSA) is 44.8 Å². The lowest BCUT2D eigenvalue weighted by molar-refractivity contribution is -0.154. The third-order valence-corrected chi connectivity index (χ3v) is 3.82. The third kappa shape index (κ3) is 2.75. The van der Waals surface area contributed by atoms with Gasteiger partial charge in [-0.1, -0.05) is 54.6 Å². The van der Waals surface area contributed by atoms with E-state index < -0.39 is 24.5 Å². The first-order chi connectivity index (χ1) is 10.7. The van der Waals surface area contributed by atoms with Crippen LogP contribution < -0.4 is 0 Å². The van der Waals surface area contributed by atoms with Crippen molar-refractivity contribution in [1.29, 1.82) is 0 Å². The van der Waals surface area contributed by atoms with Crippen LogP contribution in [-0.4, -0.2) is 19.2 Å². The summed E-state index contributed by atoms with van der Waals surface area (Å²) in [6.07, 6.45) is -1.81. The van der Waals surface area contributed by atoms with E-state index >= 15 is 0 Å². The van der Waals surface area contributed by atoms with E-state index in [2.05, 4.69) is 0 Å². The van der Waals surface area contributed by atoms with E-state index in [1.165, 1.54) is 7.11 Å². The van der Waals surface area contributed by atoms with Crippen LogP contribution in [0.1, 0.15) is 29.1 Å². The summed E-state index contributed by atoms with van der Waals surface area (Å²) in [5, 5.41) is 0. The molecule has 3 rings (SSSR count). The molecule has 0 unspecified atom stereocenters. The Balaban J connectivity index is 1.93. The van der Waals surface area contributed by atoms with Gasteiger partial charge >= 0.3 is 5.97 Å². The Bertz CT molecular complexity index is 653. The lowest BCUT2D eigenvalue weighted by atomic mass is 10.00. The molecule has 4 nitrogen and oxygen atoms in total. The Hall–Kier alpha value is -2.17. The minimum absolute atomic E-state index is 0.424. The monoisotopic (exact) mass is 298 g/mol. The summed E-state index contributed by atoms with van der Waals surface area (Å²) >= 11 is 0. The van der Waals surface area contributed by atoms with Gasteiger partial charge in [0, 0.05) is 5.56 Å². The van der Waals surface area contributed by atoms with E-state index in [0.29, 0.717) is 0 Å². The zero-order valence-electron chi connectivity index (χ0n) is 12.6. The third-order valence-electron chi connectivity index (χ3n) is 3.82. The molecular weight excluding hydrogens is 280 g/mol. The molecule has 0 aliphatic carbocycles. The minimum Gasteiger partial charge on any atom is -0.467 e. The van der Waals surface area contributed by atoms with Crippen LogP contribution >= 0.6 is 0 Å². The largest absolute Gasteiger partial charge is 0.467 e. The Labute approximate surface area is 129 Å². The first-order valence-corrected chi connectivity index (χ1v) is 7.20. The van der Waals surface area contributed by atoms with Gasteiger partial charge in [0.2, 0.25) is 0 Å². The molecule has 1 heterocycles. The second-order valence-electron chi connectivity index (χ2n) is 5.24. The lowest BCUT2D eigenvalue weighted by Gasteiger charge is -2.16. The summed E-state index contributed by atoms with van der Waals surface area (Å²) in [6.45, 7) is 1.99. The van der Waals surface area contributed by atoms with Crippen LogP contribution in [0.3, 0.4) is 0 Å². The fraction of sp³-hybridized carbons (Fsp3) is 0.278. The van der Waals surface area contributed by atoms with E-state index in [9.17, 15) is 4.79 Å². The van der Waals surface area contributed by atoms with Crippen molar-refractivity contribution < 1.29 is 19.0 Å². The van der Waals surface area contributed by atoms with Crippen molar-refractivity contribution in [2.75, 3.05) is 7.11 Å². The lowest BCUT2D eigenvalue weighted by Crippen LogP contribution is -2.27. The number of carbonyl (C=O) groups excluding carboxylic acids is 1. The molecule has 2 aromatic carbocycles. The Morgan fingerprint density at radius 3 is 2.36 bits per heavy atom. The smallest absolute Gasteiger partial charge is 0.338 e. The van der Waals surface area contributed by atoms with Crippen molar-refractivity contribution in [1.82, 2.24) is 0 Å². The second kappa shape index (κ2) is 6.30. The molecule has 0 bridgehead atoms. The van der Waals surface area contributed by atoms with E-state index in [1.807, 2.05) is 61.5 Å². The number of hydrogen-bond donors (Lipinski definition) is 0. The molecule has 3 atom stereocenters. The maximum Gasteiger partial charge on any atom is 0.338 e. The molecule has 22 heavy (non-hydrogen) atoms. The van der Waals surface area contributed by atoms with Gasteiger partial charge in [-0.05, 0) is 18.1 Å². The van der Waals surface area contributed by atoms with Gasteiger partial charge < -0.3 is 14.2 Å².